The molecule has 2 N–H and O–H groups in total. The van der Waals surface area contributed by atoms with Crippen molar-refractivity contribution in [3.63, 3.8) is 0 Å². The van der Waals surface area contributed by atoms with E-state index in [9.17, 15) is 20.0 Å². The van der Waals surface area contributed by atoms with Crippen molar-refractivity contribution in [2.75, 3.05) is 23.8 Å². The number of amidine groups is 1. The van der Waals surface area contributed by atoms with Gasteiger partial charge in [-0.15, -0.1) is 21.9 Å². The molecule has 0 bridgehead atoms. The highest BCUT2D eigenvalue weighted by Crippen LogP contribution is 2.29. The Morgan fingerprint density at radius 2 is 2.05 bits per heavy atom. The van der Waals surface area contributed by atoms with Gasteiger partial charge in [0.2, 0.25) is 0 Å². The second-order valence-corrected chi connectivity index (χ2v) is 11.4. The molecule has 2 aromatic carbocycles. The average molecular weight is 593 g/mol. The van der Waals surface area contributed by atoms with Gasteiger partial charge in [-0.05, 0) is 63.3 Å². The number of allylic oxidation sites excluding steroid dienone is 4. The number of rotatable bonds is 14. The smallest absolute Gasteiger partial charge is 0.294 e. The quantitative estimate of drug-likeness (QED) is 0.137. The maximum absolute atomic E-state index is 13.3. The van der Waals surface area contributed by atoms with Gasteiger partial charge in [0.05, 0.1) is 11.3 Å². The Bertz CT molecular complexity index is 1350. The molecule has 3 rings (SSSR count). The van der Waals surface area contributed by atoms with Crippen LogP contribution in [-0.2, 0) is 11.4 Å². The summed E-state index contributed by atoms with van der Waals surface area (Å²) in [7, 11) is 0. The zero-order chi connectivity index (χ0) is 30.5. The van der Waals surface area contributed by atoms with Gasteiger partial charge in [-0.25, -0.2) is 4.99 Å². The third kappa shape index (κ3) is 10.4. The Morgan fingerprint density at radius 3 is 2.74 bits per heavy atom. The van der Waals surface area contributed by atoms with Crippen LogP contribution in [0.25, 0.3) is 0 Å². The van der Waals surface area contributed by atoms with Crippen molar-refractivity contribution in [1.29, 1.82) is 0 Å². The lowest BCUT2D eigenvalue weighted by molar-refractivity contribution is -0.757. The van der Waals surface area contributed by atoms with E-state index in [1.807, 2.05) is 31.2 Å². The highest BCUT2D eigenvalue weighted by Gasteiger charge is 2.20. The fraction of sp³-hybridized carbons (Fsp3) is 0.375. The predicted molar refractivity (Wildman–Crippen MR) is 170 cm³/mol. The second-order valence-electron chi connectivity index (χ2n) is 10.3. The molecule has 1 unspecified atom stereocenters. The zero-order valence-electron chi connectivity index (χ0n) is 24.7. The van der Waals surface area contributed by atoms with E-state index < -0.39 is 11.0 Å². The summed E-state index contributed by atoms with van der Waals surface area (Å²) in [5.41, 5.74) is 4.02. The molecule has 0 fully saturated rings. The molecule has 0 aromatic heterocycles. The molecule has 1 amide bonds. The van der Waals surface area contributed by atoms with E-state index >= 15 is 0 Å². The van der Waals surface area contributed by atoms with E-state index in [1.54, 1.807) is 19.1 Å². The van der Waals surface area contributed by atoms with Crippen LogP contribution in [0.5, 0.6) is 5.75 Å². The van der Waals surface area contributed by atoms with Gasteiger partial charge in [-0.2, -0.15) is 0 Å². The Hall–Kier alpha value is -4.05. The third-order valence-electron chi connectivity index (χ3n) is 6.71. The van der Waals surface area contributed by atoms with Crippen molar-refractivity contribution in [3.05, 3.63) is 104 Å². The van der Waals surface area contributed by atoms with Gasteiger partial charge in [0.15, 0.2) is 0 Å². The Labute approximate surface area is 252 Å². The number of nitrogens with zero attached hydrogens (tertiary/aromatic N) is 3. The number of aromatic hydroxyl groups is 1. The first-order valence-electron chi connectivity index (χ1n) is 14.0. The number of anilines is 1. The Morgan fingerprint density at radius 1 is 1.29 bits per heavy atom. The molecule has 0 spiro atoms. The summed E-state index contributed by atoms with van der Waals surface area (Å²) in [5.74, 6) is 0.723. The number of hydrogen-bond donors (Lipinski definition) is 2. The molecule has 0 saturated heterocycles. The van der Waals surface area contributed by atoms with Gasteiger partial charge in [0.1, 0.15) is 18.2 Å². The molecule has 42 heavy (non-hydrogen) atoms. The summed E-state index contributed by atoms with van der Waals surface area (Å²) < 4.78 is 0. The summed E-state index contributed by atoms with van der Waals surface area (Å²) in [4.78, 5) is 35.7. The second kappa shape index (κ2) is 16.4. The molecular weight excluding hydrogens is 552 g/mol. The lowest BCUT2D eigenvalue weighted by Crippen LogP contribution is -2.33. The summed E-state index contributed by atoms with van der Waals surface area (Å²) >= 11 is 1.45. The molecule has 1 aliphatic rings. The Balaban J connectivity index is 1.79. The molecule has 0 radical (unpaired) electrons. The van der Waals surface area contributed by atoms with Crippen molar-refractivity contribution in [2.45, 2.75) is 53.5 Å². The highest BCUT2D eigenvalue weighted by molar-refractivity contribution is 8.03. The van der Waals surface area contributed by atoms with Crippen molar-refractivity contribution >= 4 is 29.2 Å². The number of phenols is 1. The van der Waals surface area contributed by atoms with Crippen molar-refractivity contribution in [2.24, 2.45) is 10.9 Å². The molecule has 2 aromatic rings. The van der Waals surface area contributed by atoms with Crippen molar-refractivity contribution in [1.82, 2.24) is 5.32 Å². The number of thioether (sulfide) groups is 1. The van der Waals surface area contributed by atoms with Crippen LogP contribution in [0.3, 0.4) is 0 Å². The molecule has 0 saturated carbocycles. The summed E-state index contributed by atoms with van der Waals surface area (Å²) in [6, 6.07) is 15.3. The van der Waals surface area contributed by atoms with Crippen molar-refractivity contribution < 1.29 is 19.8 Å². The van der Waals surface area contributed by atoms with Crippen LogP contribution in [0.4, 0.5) is 5.69 Å². The number of phenolic OH excluding ortho intramolecular Hbond substituents is 1. The lowest BCUT2D eigenvalue weighted by Gasteiger charge is -2.27. The highest BCUT2D eigenvalue weighted by atomic mass is 32.2. The first-order valence-corrected chi connectivity index (χ1v) is 15.0. The number of nitrogens with one attached hydrogen (secondary N) is 1. The normalized spacial score (nSPS) is 14.5. The maximum atomic E-state index is 13.3. The zero-order valence-corrected chi connectivity index (χ0v) is 25.5. The maximum Gasteiger partial charge on any atom is 0.294 e. The third-order valence-corrected chi connectivity index (χ3v) is 7.98. The average Bonchev–Trinajstić information content (AvgIpc) is 2.94. The summed E-state index contributed by atoms with van der Waals surface area (Å²) in [6.07, 6.45) is 9.06. The van der Waals surface area contributed by atoms with E-state index in [0.29, 0.717) is 42.7 Å². The van der Waals surface area contributed by atoms with E-state index in [4.69, 9.17) is 0 Å². The monoisotopic (exact) mass is 592 g/mol. The van der Waals surface area contributed by atoms with E-state index in [-0.39, 0.29) is 17.9 Å². The van der Waals surface area contributed by atoms with Gasteiger partial charge >= 0.3 is 0 Å². The first kappa shape index (κ1) is 32.5. The van der Waals surface area contributed by atoms with Crippen LogP contribution in [0, 0.1) is 16.0 Å². The van der Waals surface area contributed by atoms with Crippen LogP contribution in [0.2, 0.25) is 0 Å². The minimum atomic E-state index is -0.815. The number of aliphatic imine (C=N–C) groups is 1. The molecular formula is C32H40N4O5S. The van der Waals surface area contributed by atoms with Crippen LogP contribution < -0.4 is 10.2 Å². The van der Waals surface area contributed by atoms with Crippen LogP contribution >= 0.6 is 11.8 Å². The number of benzene rings is 2. The molecule has 224 valence electrons. The van der Waals surface area contributed by atoms with Gasteiger partial charge in [0.25, 0.3) is 11.0 Å². The van der Waals surface area contributed by atoms with Gasteiger partial charge in [0, 0.05) is 35.8 Å². The molecule has 1 heterocycles. The SMILES string of the molecule is C/C=C\CCC(C)/C=C(\C)CN(Cc1ccccc1)c1ccc(O)c(C(=O)NC2=NC(C)=C(CCO[N+](=O)[O-])SC2)c1. The van der Waals surface area contributed by atoms with Crippen LogP contribution in [-0.4, -0.2) is 40.8 Å². The fourth-order valence-corrected chi connectivity index (χ4v) is 5.61. The first-order chi connectivity index (χ1) is 20.2. The lowest BCUT2D eigenvalue weighted by atomic mass is 10.0. The molecule has 9 nitrogen and oxygen atoms in total. The van der Waals surface area contributed by atoms with Gasteiger partial charge < -0.3 is 20.2 Å². The standard InChI is InChI=1S/C32H40N4O5S/c1-5-6-8-11-23(2)18-24(3)20-35(21-26-12-9-7-10-13-26)27-14-15-29(37)28(19-27)32(38)34-31-22-42-30(25(4)33-31)16-17-41-36(39)40/h5-7,9-10,12-15,18-19,23,37H,8,11,16-17,20-22H2,1-4H3,(H,33,34,38)/b6-5-,24-18+. The molecule has 0 aliphatic carbocycles. The minimum Gasteiger partial charge on any atom is -0.507 e. The van der Waals surface area contributed by atoms with Crippen molar-refractivity contribution in [3.8, 4) is 5.75 Å². The number of carbonyl (C=O) groups is 1. The van der Waals surface area contributed by atoms with E-state index in [1.165, 1.54) is 17.3 Å². The number of carbonyl (C=O) groups excluding carboxylic acids is 1. The molecule has 1 aliphatic heterocycles. The topological polar surface area (TPSA) is 117 Å². The minimum absolute atomic E-state index is 0.0478. The van der Waals surface area contributed by atoms with Gasteiger partial charge in [-0.1, -0.05) is 61.1 Å². The van der Waals surface area contributed by atoms with Crippen LogP contribution in [0.15, 0.2) is 87.9 Å². The van der Waals surface area contributed by atoms with E-state index in [2.05, 4.69) is 64.3 Å². The van der Waals surface area contributed by atoms with Crippen LogP contribution in [0.1, 0.15) is 62.9 Å². The molecule has 10 heteroatoms. The predicted octanol–water partition coefficient (Wildman–Crippen LogP) is 7.04. The Kier molecular flexibility index (Phi) is 12.7. The molecule has 1 atom stereocenters. The van der Waals surface area contributed by atoms with Gasteiger partial charge in [-0.3, -0.25) is 4.79 Å². The summed E-state index contributed by atoms with van der Waals surface area (Å²) in [6.45, 7) is 9.45. The number of hydrogen-bond acceptors (Lipinski definition) is 8. The largest absolute Gasteiger partial charge is 0.507 e. The van der Waals surface area contributed by atoms with E-state index in [0.717, 1.165) is 29.0 Å². The number of amides is 1. The fourth-order valence-electron chi connectivity index (χ4n) is 4.68. The summed E-state index contributed by atoms with van der Waals surface area (Å²) in [5, 5.41) is 23.1.